The molecule has 4 nitrogen and oxygen atoms in total. The first kappa shape index (κ1) is 11.2. The molecule has 1 heterocycles. The number of hydrogen-bond acceptors (Lipinski definition) is 3. The summed E-state index contributed by atoms with van der Waals surface area (Å²) < 4.78 is 0. The zero-order valence-electron chi connectivity index (χ0n) is 9.42. The first-order chi connectivity index (χ1) is 8.17. The summed E-state index contributed by atoms with van der Waals surface area (Å²) in [6, 6.07) is 10.9. The fourth-order valence-corrected chi connectivity index (χ4v) is 2.09. The summed E-state index contributed by atoms with van der Waals surface area (Å²) in [6.45, 7) is 1.87. The molecule has 0 N–H and O–H groups in total. The monoisotopic (exact) mass is 225 g/mol. The van der Waals surface area contributed by atoms with Crippen molar-refractivity contribution in [2.24, 2.45) is 5.92 Å². The van der Waals surface area contributed by atoms with E-state index in [4.69, 9.17) is 10.5 Å². The van der Waals surface area contributed by atoms with E-state index in [-0.39, 0.29) is 24.3 Å². The molecule has 0 bridgehead atoms. The van der Waals surface area contributed by atoms with Crippen molar-refractivity contribution in [3.05, 3.63) is 29.8 Å². The Labute approximate surface area is 99.7 Å². The van der Waals surface area contributed by atoms with Gasteiger partial charge in [-0.3, -0.25) is 4.79 Å². The Morgan fingerprint density at radius 3 is 2.41 bits per heavy atom. The van der Waals surface area contributed by atoms with Crippen LogP contribution in [-0.2, 0) is 4.79 Å². The maximum absolute atomic E-state index is 11.8. The lowest BCUT2D eigenvalue weighted by Crippen LogP contribution is -2.32. The number of nitriles is 2. The average Bonchev–Trinajstić information content (AvgIpc) is 2.64. The topological polar surface area (TPSA) is 67.9 Å². The molecule has 0 saturated carbocycles. The van der Waals surface area contributed by atoms with E-state index < -0.39 is 0 Å². The number of carbonyl (C=O) groups is 1. The molecule has 1 saturated heterocycles. The van der Waals surface area contributed by atoms with E-state index >= 15 is 0 Å². The van der Waals surface area contributed by atoms with Gasteiger partial charge in [0, 0.05) is 12.1 Å². The van der Waals surface area contributed by atoms with Gasteiger partial charge in [0.2, 0.25) is 5.91 Å². The van der Waals surface area contributed by atoms with Gasteiger partial charge in [-0.15, -0.1) is 0 Å². The third-order valence-electron chi connectivity index (χ3n) is 3.09. The van der Waals surface area contributed by atoms with Gasteiger partial charge >= 0.3 is 0 Å². The molecule has 4 heteroatoms. The Morgan fingerprint density at radius 1 is 1.29 bits per heavy atom. The smallest absolute Gasteiger partial charge is 0.228 e. The van der Waals surface area contributed by atoms with Gasteiger partial charge in [0.1, 0.15) is 0 Å². The van der Waals surface area contributed by atoms with E-state index in [9.17, 15) is 4.79 Å². The van der Waals surface area contributed by atoms with Crippen molar-refractivity contribution < 1.29 is 4.79 Å². The molecule has 1 aliphatic rings. The molecule has 0 spiro atoms. The molecule has 1 fully saturated rings. The lowest BCUT2D eigenvalue weighted by molar-refractivity contribution is -0.117. The van der Waals surface area contributed by atoms with E-state index in [1.807, 2.05) is 13.0 Å². The summed E-state index contributed by atoms with van der Waals surface area (Å²) in [5.41, 5.74) is 1.31. The van der Waals surface area contributed by atoms with E-state index in [0.29, 0.717) is 5.56 Å². The predicted octanol–water partition coefficient (Wildman–Crippen LogP) is 1.82. The molecule has 0 aliphatic carbocycles. The summed E-state index contributed by atoms with van der Waals surface area (Å²) in [6.07, 6.45) is 0.275. The number of hydrogen-bond donors (Lipinski definition) is 0. The van der Waals surface area contributed by atoms with Gasteiger partial charge in [-0.1, -0.05) is 0 Å². The minimum Gasteiger partial charge on any atom is -0.308 e. The van der Waals surface area contributed by atoms with Gasteiger partial charge in [-0.25, -0.2) is 0 Å². The molecule has 2 atom stereocenters. The molecule has 1 aromatic carbocycles. The molecule has 2 unspecified atom stereocenters. The molecule has 84 valence electrons. The van der Waals surface area contributed by atoms with Gasteiger partial charge in [0.05, 0.1) is 29.7 Å². The number of amides is 1. The van der Waals surface area contributed by atoms with Gasteiger partial charge in [0.25, 0.3) is 0 Å². The highest BCUT2D eigenvalue weighted by atomic mass is 16.2. The Hall–Kier alpha value is -2.33. The molecular formula is C13H11N3O. The Balaban J connectivity index is 2.31. The first-order valence-corrected chi connectivity index (χ1v) is 5.39. The number of rotatable bonds is 1. The zero-order chi connectivity index (χ0) is 12.4. The van der Waals surface area contributed by atoms with Gasteiger partial charge in [0.15, 0.2) is 0 Å². The van der Waals surface area contributed by atoms with Crippen LogP contribution in [0.3, 0.4) is 0 Å². The summed E-state index contributed by atoms with van der Waals surface area (Å²) in [5.74, 6) is -0.285. The summed E-state index contributed by atoms with van der Waals surface area (Å²) in [5, 5.41) is 17.6. The molecule has 0 radical (unpaired) electrons. The maximum Gasteiger partial charge on any atom is 0.228 e. The second kappa shape index (κ2) is 4.27. The minimum atomic E-state index is -0.252. The molecule has 1 aliphatic heterocycles. The molecule has 2 rings (SSSR count). The third-order valence-corrected chi connectivity index (χ3v) is 3.09. The lowest BCUT2D eigenvalue weighted by atomic mass is 10.0. The summed E-state index contributed by atoms with van der Waals surface area (Å²) in [4.78, 5) is 13.5. The van der Waals surface area contributed by atoms with Crippen molar-refractivity contribution >= 4 is 11.6 Å². The van der Waals surface area contributed by atoms with Crippen LogP contribution in [-0.4, -0.2) is 11.9 Å². The molecular weight excluding hydrogens is 214 g/mol. The molecule has 1 amide bonds. The van der Waals surface area contributed by atoms with Crippen LogP contribution in [0.5, 0.6) is 0 Å². The first-order valence-electron chi connectivity index (χ1n) is 5.39. The van der Waals surface area contributed by atoms with Crippen molar-refractivity contribution in [2.75, 3.05) is 4.90 Å². The highest BCUT2D eigenvalue weighted by Gasteiger charge is 2.37. The normalized spacial score (nSPS) is 23.2. The number of benzene rings is 1. The van der Waals surface area contributed by atoms with Crippen LogP contribution in [0.2, 0.25) is 0 Å². The zero-order valence-corrected chi connectivity index (χ0v) is 9.42. The van der Waals surface area contributed by atoms with Crippen LogP contribution in [0, 0.1) is 28.6 Å². The minimum absolute atomic E-state index is 0.0336. The van der Waals surface area contributed by atoms with Crippen molar-refractivity contribution in [3.63, 3.8) is 0 Å². The largest absolute Gasteiger partial charge is 0.308 e. The number of anilines is 1. The predicted molar refractivity (Wildman–Crippen MR) is 61.8 cm³/mol. The fourth-order valence-electron chi connectivity index (χ4n) is 2.09. The Kier molecular flexibility index (Phi) is 2.80. The van der Waals surface area contributed by atoms with Crippen LogP contribution in [0.25, 0.3) is 0 Å². The summed E-state index contributed by atoms with van der Waals surface area (Å²) in [7, 11) is 0. The van der Waals surface area contributed by atoms with E-state index in [0.717, 1.165) is 5.69 Å². The average molecular weight is 225 g/mol. The van der Waals surface area contributed by atoms with E-state index in [1.165, 1.54) is 0 Å². The van der Waals surface area contributed by atoms with Gasteiger partial charge in [-0.2, -0.15) is 10.5 Å². The Morgan fingerprint density at radius 2 is 1.94 bits per heavy atom. The van der Waals surface area contributed by atoms with Crippen LogP contribution in [0.1, 0.15) is 18.9 Å². The van der Waals surface area contributed by atoms with Crippen LogP contribution in [0.4, 0.5) is 5.69 Å². The lowest BCUT2D eigenvalue weighted by Gasteiger charge is -2.22. The maximum atomic E-state index is 11.8. The van der Waals surface area contributed by atoms with Gasteiger partial charge in [-0.05, 0) is 31.2 Å². The fraction of sp³-hybridized carbons (Fsp3) is 0.308. The van der Waals surface area contributed by atoms with Crippen molar-refractivity contribution in [1.82, 2.24) is 0 Å². The van der Waals surface area contributed by atoms with Crippen LogP contribution in [0.15, 0.2) is 24.3 Å². The van der Waals surface area contributed by atoms with Crippen LogP contribution < -0.4 is 4.90 Å². The van der Waals surface area contributed by atoms with E-state index in [1.54, 1.807) is 29.2 Å². The third kappa shape index (κ3) is 1.86. The Bertz CT molecular complexity index is 521. The van der Waals surface area contributed by atoms with Gasteiger partial charge < -0.3 is 4.90 Å². The number of nitrogens with zero attached hydrogens (tertiary/aromatic N) is 3. The summed E-state index contributed by atoms with van der Waals surface area (Å²) >= 11 is 0. The highest BCUT2D eigenvalue weighted by Crippen LogP contribution is 2.30. The van der Waals surface area contributed by atoms with Crippen molar-refractivity contribution in [3.8, 4) is 12.1 Å². The van der Waals surface area contributed by atoms with Crippen molar-refractivity contribution in [2.45, 2.75) is 19.4 Å². The standard InChI is InChI=1S/C13H11N3O/c1-9-11(8-15)6-13(17)16(9)12-4-2-10(7-14)3-5-12/h2-5,9,11H,6H2,1H3. The second-order valence-corrected chi connectivity index (χ2v) is 4.10. The second-order valence-electron chi connectivity index (χ2n) is 4.10. The SMILES string of the molecule is CC1C(C#N)CC(=O)N1c1ccc(C#N)cc1. The van der Waals surface area contributed by atoms with E-state index in [2.05, 4.69) is 6.07 Å². The highest BCUT2D eigenvalue weighted by molar-refractivity contribution is 5.96. The van der Waals surface area contributed by atoms with Crippen LogP contribution >= 0.6 is 0 Å². The molecule has 17 heavy (non-hydrogen) atoms. The van der Waals surface area contributed by atoms with Crippen molar-refractivity contribution in [1.29, 1.82) is 10.5 Å². The molecule has 0 aromatic heterocycles. The quantitative estimate of drug-likeness (QED) is 0.732. The molecule has 1 aromatic rings. The number of carbonyl (C=O) groups excluding carboxylic acids is 1.